The summed E-state index contributed by atoms with van der Waals surface area (Å²) in [6, 6.07) is 8.16. The van der Waals surface area contributed by atoms with Crippen molar-refractivity contribution >= 4 is 54.8 Å². The molecule has 0 spiro atoms. The Kier molecular flexibility index (Phi) is 6.36. The molecule has 108 valence electrons. The molecule has 0 aliphatic carbocycles. The van der Waals surface area contributed by atoms with Crippen molar-refractivity contribution in [1.29, 1.82) is 0 Å². The minimum absolute atomic E-state index is 0.820. The van der Waals surface area contributed by atoms with Crippen molar-refractivity contribution in [3.8, 4) is 5.75 Å². The van der Waals surface area contributed by atoms with Gasteiger partial charge in [0.15, 0.2) is 0 Å². The summed E-state index contributed by atoms with van der Waals surface area (Å²) in [6.45, 7) is 1.75. The van der Waals surface area contributed by atoms with E-state index in [0.717, 1.165) is 38.5 Å². The predicted molar refractivity (Wildman–Crippen MR) is 93.1 cm³/mol. The molecule has 0 aliphatic heterocycles. The van der Waals surface area contributed by atoms with Crippen molar-refractivity contribution in [3.05, 3.63) is 48.0 Å². The van der Waals surface area contributed by atoms with Crippen LogP contribution in [-0.2, 0) is 13.0 Å². The first-order chi connectivity index (χ1) is 9.60. The van der Waals surface area contributed by atoms with Gasteiger partial charge in [-0.3, -0.25) is 0 Å². The van der Waals surface area contributed by atoms with Gasteiger partial charge >= 0.3 is 0 Å². The molecule has 0 unspecified atom stereocenters. The summed E-state index contributed by atoms with van der Waals surface area (Å²) in [7, 11) is 1.66. The molecular formula is C14H14Br2ClNOS. The van der Waals surface area contributed by atoms with Crippen molar-refractivity contribution in [1.82, 2.24) is 5.32 Å². The van der Waals surface area contributed by atoms with Gasteiger partial charge in [-0.05, 0) is 68.1 Å². The van der Waals surface area contributed by atoms with Crippen LogP contribution in [0.2, 0.25) is 4.34 Å². The molecule has 0 bridgehead atoms. The first kappa shape index (κ1) is 16.3. The van der Waals surface area contributed by atoms with E-state index in [4.69, 9.17) is 16.3 Å². The lowest BCUT2D eigenvalue weighted by atomic mass is 10.2. The van der Waals surface area contributed by atoms with Gasteiger partial charge in [-0.2, -0.15) is 0 Å². The summed E-state index contributed by atoms with van der Waals surface area (Å²) in [4.78, 5) is 1.31. The maximum absolute atomic E-state index is 5.91. The van der Waals surface area contributed by atoms with Gasteiger partial charge < -0.3 is 10.1 Å². The number of halogens is 3. The largest absolute Gasteiger partial charge is 0.494 e. The molecule has 1 aromatic heterocycles. The van der Waals surface area contributed by atoms with E-state index < -0.39 is 0 Å². The van der Waals surface area contributed by atoms with Crippen LogP contribution in [-0.4, -0.2) is 13.7 Å². The van der Waals surface area contributed by atoms with Gasteiger partial charge in [-0.15, -0.1) is 11.3 Å². The molecule has 2 rings (SSSR count). The number of hydrogen-bond acceptors (Lipinski definition) is 3. The molecule has 20 heavy (non-hydrogen) atoms. The van der Waals surface area contributed by atoms with Gasteiger partial charge in [0, 0.05) is 18.0 Å². The second kappa shape index (κ2) is 7.80. The molecule has 2 aromatic rings. The average molecular weight is 440 g/mol. The summed E-state index contributed by atoms with van der Waals surface area (Å²) < 4.78 is 8.05. The number of hydrogen-bond donors (Lipinski definition) is 1. The van der Waals surface area contributed by atoms with Crippen molar-refractivity contribution < 1.29 is 4.74 Å². The zero-order chi connectivity index (χ0) is 14.5. The first-order valence-corrected chi connectivity index (χ1v) is 8.85. The molecular weight excluding hydrogens is 425 g/mol. The molecule has 0 fully saturated rings. The second-order valence-corrected chi connectivity index (χ2v) is 7.73. The lowest BCUT2D eigenvalue weighted by Gasteiger charge is -2.10. The third-order valence-corrected chi connectivity index (χ3v) is 5.24. The molecule has 1 N–H and O–H groups in total. The standard InChI is InChI=1S/C14H14Br2ClNOS/c1-19-14-11(15)6-9(7-12(14)16)8-18-5-4-10-2-3-13(17)20-10/h2-3,6-7,18H,4-5,8H2,1H3. The summed E-state index contributed by atoms with van der Waals surface area (Å²) in [5, 5.41) is 3.43. The van der Waals surface area contributed by atoms with Gasteiger partial charge in [0.1, 0.15) is 5.75 Å². The smallest absolute Gasteiger partial charge is 0.147 e. The molecule has 6 heteroatoms. The lowest BCUT2D eigenvalue weighted by Crippen LogP contribution is -2.16. The SMILES string of the molecule is COc1c(Br)cc(CNCCc2ccc(Cl)s2)cc1Br. The molecule has 1 aromatic carbocycles. The van der Waals surface area contributed by atoms with Crippen molar-refractivity contribution in [2.75, 3.05) is 13.7 Å². The number of thiophene rings is 1. The van der Waals surface area contributed by atoms with Crippen molar-refractivity contribution in [3.63, 3.8) is 0 Å². The monoisotopic (exact) mass is 437 g/mol. The highest BCUT2D eigenvalue weighted by atomic mass is 79.9. The van der Waals surface area contributed by atoms with E-state index in [-0.39, 0.29) is 0 Å². The van der Waals surface area contributed by atoms with E-state index in [2.05, 4.69) is 55.4 Å². The van der Waals surface area contributed by atoms with Crippen LogP contribution in [0.15, 0.2) is 33.2 Å². The van der Waals surface area contributed by atoms with Crippen LogP contribution in [0.3, 0.4) is 0 Å². The lowest BCUT2D eigenvalue weighted by molar-refractivity contribution is 0.409. The fourth-order valence-electron chi connectivity index (χ4n) is 1.84. The number of ether oxygens (including phenoxy) is 1. The maximum atomic E-state index is 5.91. The number of methoxy groups -OCH3 is 1. The minimum atomic E-state index is 0.820. The Labute approximate surface area is 144 Å². The van der Waals surface area contributed by atoms with Gasteiger partial charge in [0.05, 0.1) is 20.4 Å². The molecule has 0 saturated heterocycles. The van der Waals surface area contributed by atoms with Gasteiger partial charge in [0.2, 0.25) is 0 Å². The van der Waals surface area contributed by atoms with E-state index in [9.17, 15) is 0 Å². The summed E-state index contributed by atoms with van der Waals surface area (Å²) in [6.07, 6.45) is 0.996. The molecule has 0 atom stereocenters. The van der Waals surface area contributed by atoms with Crippen LogP contribution in [0, 0.1) is 0 Å². The average Bonchev–Trinajstić information content (AvgIpc) is 2.80. The quantitative estimate of drug-likeness (QED) is 0.620. The zero-order valence-electron chi connectivity index (χ0n) is 10.9. The second-order valence-electron chi connectivity index (χ2n) is 4.23. The number of rotatable bonds is 6. The van der Waals surface area contributed by atoms with Crippen LogP contribution in [0.1, 0.15) is 10.4 Å². The Hall–Kier alpha value is -0.0700. The Morgan fingerprint density at radius 3 is 2.50 bits per heavy atom. The Morgan fingerprint density at radius 1 is 1.25 bits per heavy atom. The van der Waals surface area contributed by atoms with Crippen LogP contribution >= 0.6 is 54.8 Å². The minimum Gasteiger partial charge on any atom is -0.494 e. The third-order valence-electron chi connectivity index (χ3n) is 2.77. The van der Waals surface area contributed by atoms with E-state index >= 15 is 0 Å². The van der Waals surface area contributed by atoms with E-state index in [1.165, 1.54) is 10.4 Å². The highest BCUT2D eigenvalue weighted by Gasteiger charge is 2.07. The normalized spacial score (nSPS) is 10.8. The van der Waals surface area contributed by atoms with Gasteiger partial charge in [0.25, 0.3) is 0 Å². The molecule has 0 amide bonds. The number of benzene rings is 1. The fraction of sp³-hybridized carbons (Fsp3) is 0.286. The molecule has 0 saturated carbocycles. The third kappa shape index (κ3) is 4.46. The van der Waals surface area contributed by atoms with E-state index in [1.807, 2.05) is 6.07 Å². The zero-order valence-corrected chi connectivity index (χ0v) is 15.6. The molecule has 2 nitrogen and oxygen atoms in total. The van der Waals surface area contributed by atoms with Crippen LogP contribution in [0.25, 0.3) is 0 Å². The molecule has 1 heterocycles. The molecule has 0 radical (unpaired) electrons. The van der Waals surface area contributed by atoms with Crippen molar-refractivity contribution in [2.24, 2.45) is 0 Å². The highest BCUT2D eigenvalue weighted by molar-refractivity contribution is 9.11. The van der Waals surface area contributed by atoms with Crippen LogP contribution < -0.4 is 10.1 Å². The Bertz CT molecular complexity index is 565. The van der Waals surface area contributed by atoms with E-state index in [0.29, 0.717) is 0 Å². The van der Waals surface area contributed by atoms with E-state index in [1.54, 1.807) is 18.4 Å². The predicted octanol–water partition coefficient (Wildman–Crippen LogP) is 5.27. The van der Waals surface area contributed by atoms with Crippen LogP contribution in [0.4, 0.5) is 0 Å². The Balaban J connectivity index is 1.85. The number of nitrogens with one attached hydrogen (secondary N) is 1. The molecule has 0 aliphatic rings. The summed E-state index contributed by atoms with van der Waals surface area (Å²) in [5.41, 5.74) is 1.20. The van der Waals surface area contributed by atoms with Gasteiger partial charge in [-0.1, -0.05) is 11.6 Å². The first-order valence-electron chi connectivity index (χ1n) is 6.07. The summed E-state index contributed by atoms with van der Waals surface area (Å²) in [5.74, 6) is 0.821. The van der Waals surface area contributed by atoms with Crippen molar-refractivity contribution in [2.45, 2.75) is 13.0 Å². The highest BCUT2D eigenvalue weighted by Crippen LogP contribution is 2.34. The van der Waals surface area contributed by atoms with Crippen LogP contribution in [0.5, 0.6) is 5.75 Å². The summed E-state index contributed by atoms with van der Waals surface area (Å²) >= 11 is 14.6. The Morgan fingerprint density at radius 2 is 1.95 bits per heavy atom. The fourth-order valence-corrected chi connectivity index (χ4v) is 4.53. The topological polar surface area (TPSA) is 21.3 Å². The maximum Gasteiger partial charge on any atom is 0.147 e. The van der Waals surface area contributed by atoms with Gasteiger partial charge in [-0.25, -0.2) is 0 Å².